The van der Waals surface area contributed by atoms with Crippen molar-refractivity contribution in [3.05, 3.63) is 58.0 Å². The average molecular weight is 366 g/mol. The van der Waals surface area contributed by atoms with Crippen LogP contribution in [0.15, 0.2) is 45.7 Å². The van der Waals surface area contributed by atoms with Crippen molar-refractivity contribution >= 4 is 22.2 Å². The van der Waals surface area contributed by atoms with E-state index >= 15 is 0 Å². The zero-order valence-electron chi connectivity index (χ0n) is 14.5. The Labute approximate surface area is 154 Å². The predicted molar refractivity (Wildman–Crippen MR) is 101 cm³/mol. The summed E-state index contributed by atoms with van der Waals surface area (Å²) < 4.78 is 10.1. The Morgan fingerprint density at radius 3 is 2.81 bits per heavy atom. The number of nitrogens with one attached hydrogen (secondary N) is 1. The summed E-state index contributed by atoms with van der Waals surface area (Å²) in [5.74, 6) is 0.807. The first-order chi connectivity index (χ1) is 12.7. The van der Waals surface area contributed by atoms with Gasteiger partial charge in [0.25, 0.3) is 0 Å². The number of aromatic nitrogens is 3. The molecule has 0 aliphatic rings. The molecular weight excluding hydrogens is 348 g/mol. The fourth-order valence-corrected chi connectivity index (χ4v) is 3.47. The van der Waals surface area contributed by atoms with E-state index < -0.39 is 0 Å². The minimum Gasteiger partial charge on any atom is -0.497 e. The molecule has 0 aliphatic carbocycles. The van der Waals surface area contributed by atoms with Crippen molar-refractivity contribution in [2.45, 2.75) is 20.0 Å². The van der Waals surface area contributed by atoms with E-state index in [-0.39, 0.29) is 0 Å². The summed E-state index contributed by atoms with van der Waals surface area (Å²) in [6, 6.07) is 10.2. The Morgan fingerprint density at radius 2 is 2.08 bits per heavy atom. The Kier molecular flexibility index (Phi) is 4.64. The molecule has 0 saturated heterocycles. The molecule has 0 amide bonds. The minimum atomic E-state index is 0.596. The molecule has 4 aromatic rings. The molecule has 0 aliphatic heterocycles. The molecule has 3 heterocycles. The van der Waals surface area contributed by atoms with Crippen molar-refractivity contribution < 1.29 is 9.37 Å². The molecule has 0 unspecified atom stereocenters. The number of rotatable bonds is 6. The smallest absolute Gasteiger partial charge is 0.121 e. The molecule has 132 valence electrons. The van der Waals surface area contributed by atoms with Crippen molar-refractivity contribution in [2.24, 2.45) is 0 Å². The number of pyridine rings is 1. The van der Waals surface area contributed by atoms with E-state index in [0.29, 0.717) is 13.1 Å². The number of nitrogens with zero attached hydrogens (tertiary/aromatic N) is 3. The fraction of sp³-hybridized carbons (Fsp3) is 0.211. The molecule has 4 rings (SSSR count). The molecule has 1 N–H and O–H groups in total. The highest BCUT2D eigenvalue weighted by Crippen LogP contribution is 2.29. The number of hydrogen-bond donors (Lipinski definition) is 1. The Hall–Kier alpha value is -2.77. The van der Waals surface area contributed by atoms with Crippen LogP contribution in [0.5, 0.6) is 5.75 Å². The lowest BCUT2D eigenvalue weighted by Gasteiger charge is -2.11. The third-order valence-corrected chi connectivity index (χ3v) is 4.94. The highest BCUT2D eigenvalue weighted by atomic mass is 32.1. The second-order valence-corrected chi connectivity index (χ2v) is 6.75. The molecule has 0 atom stereocenters. The Bertz CT molecular complexity index is 1030. The monoisotopic (exact) mass is 366 g/mol. The molecule has 0 fully saturated rings. The van der Waals surface area contributed by atoms with E-state index in [0.717, 1.165) is 44.9 Å². The quantitative estimate of drug-likeness (QED) is 0.557. The van der Waals surface area contributed by atoms with Gasteiger partial charge in [-0.05, 0) is 42.1 Å². The third-order valence-electron chi connectivity index (χ3n) is 4.25. The summed E-state index contributed by atoms with van der Waals surface area (Å²) in [6.07, 6.45) is 0. The van der Waals surface area contributed by atoms with Crippen LogP contribution in [0.2, 0.25) is 0 Å². The summed E-state index contributed by atoms with van der Waals surface area (Å²) in [7, 11) is 1.67. The normalized spacial score (nSPS) is 11.2. The summed E-state index contributed by atoms with van der Waals surface area (Å²) in [5, 5.41) is 16.4. The number of thiophene rings is 1. The van der Waals surface area contributed by atoms with Gasteiger partial charge in [0.05, 0.1) is 18.3 Å². The van der Waals surface area contributed by atoms with Crippen molar-refractivity contribution in [3.63, 3.8) is 0 Å². The lowest BCUT2D eigenvalue weighted by molar-refractivity contribution is 0.300. The predicted octanol–water partition coefficient (Wildman–Crippen LogP) is 3.95. The van der Waals surface area contributed by atoms with Gasteiger partial charge in [-0.3, -0.25) is 0 Å². The number of aryl methyl sites for hydroxylation is 1. The molecule has 0 radical (unpaired) electrons. The van der Waals surface area contributed by atoms with Gasteiger partial charge in [-0.2, -0.15) is 11.3 Å². The minimum absolute atomic E-state index is 0.596. The van der Waals surface area contributed by atoms with Gasteiger partial charge in [0.1, 0.15) is 17.1 Å². The van der Waals surface area contributed by atoms with Crippen LogP contribution in [-0.4, -0.2) is 22.4 Å². The van der Waals surface area contributed by atoms with Crippen LogP contribution in [-0.2, 0) is 13.1 Å². The van der Waals surface area contributed by atoms with Crippen LogP contribution in [0.3, 0.4) is 0 Å². The summed E-state index contributed by atoms with van der Waals surface area (Å²) in [5.41, 5.74) is 5.78. The van der Waals surface area contributed by atoms with E-state index in [4.69, 9.17) is 14.3 Å². The van der Waals surface area contributed by atoms with E-state index in [9.17, 15) is 0 Å². The van der Waals surface area contributed by atoms with Crippen molar-refractivity contribution in [1.29, 1.82) is 0 Å². The van der Waals surface area contributed by atoms with Crippen LogP contribution in [0, 0.1) is 6.92 Å². The first kappa shape index (κ1) is 16.7. The molecule has 6 nitrogen and oxygen atoms in total. The maximum Gasteiger partial charge on any atom is 0.121 e. The highest BCUT2D eigenvalue weighted by molar-refractivity contribution is 7.08. The van der Waals surface area contributed by atoms with Gasteiger partial charge in [-0.25, -0.2) is 9.61 Å². The zero-order chi connectivity index (χ0) is 17.9. The summed E-state index contributed by atoms with van der Waals surface area (Å²) >= 11 is 1.66. The number of ether oxygens (including phenoxy) is 1. The Balaban J connectivity index is 1.67. The zero-order valence-corrected chi connectivity index (χ0v) is 15.3. The molecule has 0 saturated carbocycles. The lowest BCUT2D eigenvalue weighted by atomic mass is 10.0. The van der Waals surface area contributed by atoms with Crippen molar-refractivity contribution in [2.75, 3.05) is 7.11 Å². The lowest BCUT2D eigenvalue weighted by Crippen LogP contribution is -2.14. The first-order valence-electron chi connectivity index (χ1n) is 8.23. The molecule has 0 spiro atoms. The molecule has 0 bridgehead atoms. The number of hydrogen-bond acceptors (Lipinski definition) is 7. The number of methoxy groups -OCH3 is 1. The van der Waals surface area contributed by atoms with E-state index in [1.807, 2.05) is 25.1 Å². The van der Waals surface area contributed by atoms with Gasteiger partial charge in [-0.1, -0.05) is 10.3 Å². The Morgan fingerprint density at radius 1 is 1.15 bits per heavy atom. The topological polar surface area (TPSA) is 73.1 Å². The maximum atomic E-state index is 5.33. The van der Waals surface area contributed by atoms with E-state index in [1.165, 1.54) is 0 Å². The molecule has 3 aromatic heterocycles. The second-order valence-electron chi connectivity index (χ2n) is 5.97. The highest BCUT2D eigenvalue weighted by Gasteiger charge is 2.11. The molecule has 26 heavy (non-hydrogen) atoms. The van der Waals surface area contributed by atoms with Crippen molar-refractivity contribution in [3.8, 4) is 17.0 Å². The van der Waals surface area contributed by atoms with Crippen LogP contribution < -0.4 is 10.1 Å². The summed E-state index contributed by atoms with van der Waals surface area (Å²) in [4.78, 5) is 4.90. The third kappa shape index (κ3) is 3.31. The summed E-state index contributed by atoms with van der Waals surface area (Å²) in [6.45, 7) is 3.15. The van der Waals surface area contributed by atoms with Gasteiger partial charge in [-0.15, -0.1) is 0 Å². The van der Waals surface area contributed by atoms with Crippen LogP contribution in [0.4, 0.5) is 0 Å². The van der Waals surface area contributed by atoms with Gasteiger partial charge >= 0.3 is 0 Å². The molecular formula is C19H18N4O2S. The largest absolute Gasteiger partial charge is 0.497 e. The second kappa shape index (κ2) is 7.23. The van der Waals surface area contributed by atoms with Gasteiger partial charge in [0.15, 0.2) is 0 Å². The number of benzene rings is 1. The average Bonchev–Trinajstić information content (AvgIpc) is 3.33. The fourth-order valence-electron chi connectivity index (χ4n) is 2.83. The SMILES string of the molecule is COc1ccc2cc(CNCc3nonc3C)c(-c3ccsc3)nc2c1. The van der Waals surface area contributed by atoms with E-state index in [2.05, 4.69) is 38.5 Å². The number of fused-ring (bicyclic) bond motifs is 1. The van der Waals surface area contributed by atoms with Crippen LogP contribution in [0.1, 0.15) is 17.0 Å². The maximum absolute atomic E-state index is 5.33. The van der Waals surface area contributed by atoms with Crippen LogP contribution in [0.25, 0.3) is 22.2 Å². The van der Waals surface area contributed by atoms with Crippen molar-refractivity contribution in [1.82, 2.24) is 20.6 Å². The van der Waals surface area contributed by atoms with Crippen LogP contribution >= 0.6 is 11.3 Å². The van der Waals surface area contributed by atoms with Gasteiger partial charge in [0, 0.05) is 35.5 Å². The first-order valence-corrected chi connectivity index (χ1v) is 9.18. The standard InChI is InChI=1S/C19H18N4O2S/c1-12-18(23-25-22-12)10-20-9-15-7-13-3-4-16(24-2)8-17(13)21-19(15)14-5-6-26-11-14/h3-8,11,20H,9-10H2,1-2H3. The molecule has 1 aromatic carbocycles. The molecule has 7 heteroatoms. The van der Waals surface area contributed by atoms with Gasteiger partial charge < -0.3 is 10.1 Å². The van der Waals surface area contributed by atoms with E-state index in [1.54, 1.807) is 18.4 Å². The van der Waals surface area contributed by atoms with Gasteiger partial charge in [0.2, 0.25) is 0 Å².